The van der Waals surface area contributed by atoms with Crippen LogP contribution in [0.2, 0.25) is 0 Å². The van der Waals surface area contributed by atoms with Crippen LogP contribution < -0.4 is 4.74 Å². The summed E-state index contributed by atoms with van der Waals surface area (Å²) in [5.74, 6) is 0.789. The van der Waals surface area contributed by atoms with Crippen LogP contribution in [0.15, 0.2) is 48.7 Å². The molecule has 152 valence electrons. The molecule has 5 nitrogen and oxygen atoms in total. The van der Waals surface area contributed by atoms with E-state index < -0.39 is 6.29 Å². The molecular formula is C25H24N2O3. The van der Waals surface area contributed by atoms with Crippen LogP contribution in [0, 0.1) is 27.3 Å². The number of rotatable bonds is 5. The van der Waals surface area contributed by atoms with E-state index >= 15 is 0 Å². The van der Waals surface area contributed by atoms with Gasteiger partial charge in [0, 0.05) is 11.8 Å². The van der Waals surface area contributed by atoms with Gasteiger partial charge in [0.05, 0.1) is 25.5 Å². The summed E-state index contributed by atoms with van der Waals surface area (Å²) in [7, 11) is 0. The van der Waals surface area contributed by atoms with Gasteiger partial charge in [0.1, 0.15) is 12.4 Å². The van der Waals surface area contributed by atoms with Crippen molar-refractivity contribution in [3.05, 3.63) is 88.0 Å². The van der Waals surface area contributed by atoms with Gasteiger partial charge in [0.25, 0.3) is 0 Å². The first-order valence-electron chi connectivity index (χ1n) is 9.97. The van der Waals surface area contributed by atoms with Gasteiger partial charge in [0.2, 0.25) is 12.0 Å². The number of nitrogens with zero attached hydrogens (tertiary/aromatic N) is 2. The van der Waals surface area contributed by atoms with Crippen LogP contribution >= 0.6 is 0 Å². The monoisotopic (exact) mass is 400 g/mol. The van der Waals surface area contributed by atoms with Crippen LogP contribution in [-0.4, -0.2) is 18.2 Å². The van der Waals surface area contributed by atoms with Crippen LogP contribution in [0.1, 0.15) is 34.2 Å². The van der Waals surface area contributed by atoms with Crippen molar-refractivity contribution in [3.8, 4) is 16.9 Å². The van der Waals surface area contributed by atoms with E-state index in [4.69, 9.17) is 20.8 Å². The highest BCUT2D eigenvalue weighted by molar-refractivity contribution is 5.86. The third kappa shape index (κ3) is 3.80. The minimum absolute atomic E-state index is 0.456. The summed E-state index contributed by atoms with van der Waals surface area (Å²) in [6.45, 7) is 15.3. The second kappa shape index (κ2) is 8.66. The normalized spacial score (nSPS) is 13.9. The largest absolute Gasteiger partial charge is 0.488 e. The summed E-state index contributed by atoms with van der Waals surface area (Å²) in [6.07, 6.45) is 1.11. The standard InChI is InChI=1S/C25H24N2O3/c1-16-10-11-20(24(17(16)2)30-15-19-8-6-5-7-9-19)22-18(3)23(25-28-12-13-29-25)27-14-21(22)26-4/h5-11,14,25H,12-13,15H2,1-3H3. The lowest BCUT2D eigenvalue weighted by atomic mass is 9.94. The molecule has 1 aliphatic rings. The highest BCUT2D eigenvalue weighted by Crippen LogP contribution is 2.43. The van der Waals surface area contributed by atoms with Crippen molar-refractivity contribution in [1.29, 1.82) is 0 Å². The molecule has 0 saturated carbocycles. The molecule has 0 unspecified atom stereocenters. The Morgan fingerprint density at radius 3 is 2.47 bits per heavy atom. The maximum Gasteiger partial charge on any atom is 0.213 e. The predicted molar refractivity (Wildman–Crippen MR) is 116 cm³/mol. The van der Waals surface area contributed by atoms with Gasteiger partial charge in [-0.05, 0) is 48.6 Å². The van der Waals surface area contributed by atoms with Gasteiger partial charge in [-0.25, -0.2) is 4.85 Å². The average molecular weight is 400 g/mol. The smallest absolute Gasteiger partial charge is 0.213 e. The van der Waals surface area contributed by atoms with Gasteiger partial charge in [-0.3, -0.25) is 4.98 Å². The summed E-state index contributed by atoms with van der Waals surface area (Å²) in [6, 6.07) is 14.2. The third-order valence-corrected chi connectivity index (χ3v) is 5.48. The van der Waals surface area contributed by atoms with Crippen LogP contribution in [0.25, 0.3) is 16.0 Å². The Morgan fingerprint density at radius 1 is 1.03 bits per heavy atom. The zero-order valence-electron chi connectivity index (χ0n) is 17.4. The number of hydrogen-bond donors (Lipinski definition) is 0. The molecule has 0 spiro atoms. The van der Waals surface area contributed by atoms with Crippen molar-refractivity contribution in [2.45, 2.75) is 33.7 Å². The zero-order valence-corrected chi connectivity index (χ0v) is 17.4. The predicted octanol–water partition coefficient (Wildman–Crippen LogP) is 5.85. The quantitative estimate of drug-likeness (QED) is 0.504. The molecule has 1 aliphatic heterocycles. The van der Waals surface area contributed by atoms with Gasteiger partial charge < -0.3 is 14.2 Å². The molecule has 1 aromatic heterocycles. The van der Waals surface area contributed by atoms with Gasteiger partial charge >= 0.3 is 0 Å². The zero-order chi connectivity index (χ0) is 21.1. The first-order valence-corrected chi connectivity index (χ1v) is 9.97. The SMILES string of the molecule is [C-]#[N+]c1cnc(C2OCCO2)c(C)c1-c1ccc(C)c(C)c1OCc1ccccc1. The minimum Gasteiger partial charge on any atom is -0.488 e. The summed E-state index contributed by atoms with van der Waals surface area (Å²) in [4.78, 5) is 8.21. The lowest BCUT2D eigenvalue weighted by Crippen LogP contribution is -2.06. The second-order valence-electron chi connectivity index (χ2n) is 7.37. The van der Waals surface area contributed by atoms with E-state index in [2.05, 4.69) is 29.7 Å². The maximum atomic E-state index is 7.69. The van der Waals surface area contributed by atoms with E-state index in [1.165, 1.54) is 0 Å². The maximum absolute atomic E-state index is 7.69. The molecule has 2 aromatic carbocycles. The van der Waals surface area contributed by atoms with Gasteiger partial charge in [-0.1, -0.05) is 42.5 Å². The molecule has 0 amide bonds. The number of aryl methyl sites for hydroxylation is 1. The van der Waals surface area contributed by atoms with Crippen molar-refractivity contribution in [2.75, 3.05) is 13.2 Å². The summed E-state index contributed by atoms with van der Waals surface area (Å²) in [5.41, 5.74) is 7.08. The number of pyridine rings is 1. The van der Waals surface area contributed by atoms with Crippen molar-refractivity contribution < 1.29 is 14.2 Å². The lowest BCUT2D eigenvalue weighted by Gasteiger charge is -2.20. The highest BCUT2D eigenvalue weighted by atomic mass is 16.7. The molecule has 30 heavy (non-hydrogen) atoms. The molecule has 3 aromatic rings. The number of hydrogen-bond acceptors (Lipinski definition) is 4. The Labute approximate surface area is 177 Å². The molecule has 1 fully saturated rings. The Balaban J connectivity index is 1.83. The van der Waals surface area contributed by atoms with Gasteiger partial charge in [-0.2, -0.15) is 0 Å². The Bertz CT molecular complexity index is 1100. The number of ether oxygens (including phenoxy) is 3. The van der Waals surface area contributed by atoms with E-state index in [1.807, 2.05) is 43.3 Å². The Kier molecular flexibility index (Phi) is 5.80. The molecule has 2 heterocycles. The molecule has 4 rings (SSSR count). The topological polar surface area (TPSA) is 44.9 Å². The second-order valence-corrected chi connectivity index (χ2v) is 7.37. The fourth-order valence-electron chi connectivity index (χ4n) is 3.69. The molecule has 1 saturated heterocycles. The fraction of sp³-hybridized carbons (Fsp3) is 0.280. The first-order chi connectivity index (χ1) is 14.6. The van der Waals surface area contributed by atoms with Gasteiger partial charge in [0.15, 0.2) is 0 Å². The van der Waals surface area contributed by atoms with Crippen LogP contribution in [0.4, 0.5) is 5.69 Å². The number of aromatic nitrogens is 1. The van der Waals surface area contributed by atoms with Crippen molar-refractivity contribution in [3.63, 3.8) is 0 Å². The van der Waals surface area contributed by atoms with Crippen molar-refractivity contribution in [2.24, 2.45) is 0 Å². The third-order valence-electron chi connectivity index (χ3n) is 5.48. The lowest BCUT2D eigenvalue weighted by molar-refractivity contribution is -0.0476. The van der Waals surface area contributed by atoms with Crippen molar-refractivity contribution in [1.82, 2.24) is 4.98 Å². The highest BCUT2D eigenvalue weighted by Gasteiger charge is 2.26. The van der Waals surface area contributed by atoms with Crippen molar-refractivity contribution >= 4 is 5.69 Å². The minimum atomic E-state index is -0.497. The Morgan fingerprint density at radius 2 is 1.77 bits per heavy atom. The van der Waals surface area contributed by atoms with Crippen LogP contribution in [0.3, 0.4) is 0 Å². The molecule has 0 radical (unpaired) electrons. The summed E-state index contributed by atoms with van der Waals surface area (Å²) in [5, 5.41) is 0. The molecule has 0 bridgehead atoms. The van der Waals surface area contributed by atoms with E-state index in [-0.39, 0.29) is 0 Å². The fourth-order valence-corrected chi connectivity index (χ4v) is 3.69. The molecule has 0 aliphatic carbocycles. The molecule has 0 atom stereocenters. The number of benzene rings is 2. The van der Waals surface area contributed by atoms with Gasteiger partial charge in [-0.15, -0.1) is 0 Å². The van der Waals surface area contributed by atoms with Crippen LogP contribution in [-0.2, 0) is 16.1 Å². The van der Waals surface area contributed by atoms with Crippen LogP contribution in [0.5, 0.6) is 5.75 Å². The molecular weight excluding hydrogens is 376 g/mol. The van der Waals surface area contributed by atoms with E-state index in [0.29, 0.717) is 31.2 Å². The average Bonchev–Trinajstić information content (AvgIpc) is 3.30. The summed E-state index contributed by atoms with van der Waals surface area (Å²) < 4.78 is 17.7. The summed E-state index contributed by atoms with van der Waals surface area (Å²) >= 11 is 0. The molecule has 0 N–H and O–H groups in total. The van der Waals surface area contributed by atoms with E-state index in [0.717, 1.165) is 39.1 Å². The molecule has 5 heteroatoms. The van der Waals surface area contributed by atoms with E-state index in [1.54, 1.807) is 6.20 Å². The first kappa shape index (κ1) is 20.1. The van der Waals surface area contributed by atoms with E-state index in [9.17, 15) is 0 Å². The Hall–Kier alpha value is -3.20.